The van der Waals surface area contributed by atoms with E-state index in [1.165, 1.54) is 0 Å². The quantitative estimate of drug-likeness (QED) is 0.432. The van der Waals surface area contributed by atoms with Crippen LogP contribution < -0.4 is 0 Å². The van der Waals surface area contributed by atoms with E-state index in [9.17, 15) is 4.79 Å². The summed E-state index contributed by atoms with van der Waals surface area (Å²) in [7, 11) is 0. The number of hydrogen-bond donors (Lipinski definition) is 1. The van der Waals surface area contributed by atoms with Crippen molar-refractivity contribution in [1.82, 2.24) is 0 Å². The van der Waals surface area contributed by atoms with Crippen LogP contribution in [0.15, 0.2) is 0 Å². The molecule has 0 aromatic rings. The lowest BCUT2D eigenvalue weighted by Crippen LogP contribution is -2.14. The molecule has 0 aromatic heterocycles. The molecule has 11 heavy (non-hydrogen) atoms. The molecule has 0 rings (SSSR count). The van der Waals surface area contributed by atoms with E-state index >= 15 is 0 Å². The Morgan fingerprint density at radius 1 is 1.64 bits per heavy atom. The van der Waals surface area contributed by atoms with Gasteiger partial charge < -0.3 is 9.84 Å². The topological polar surface area (TPSA) is 46.5 Å². The van der Waals surface area contributed by atoms with E-state index in [4.69, 9.17) is 9.84 Å². The van der Waals surface area contributed by atoms with Crippen LogP contribution in [0.5, 0.6) is 0 Å². The fourth-order valence-corrected chi connectivity index (χ4v) is 0.634. The van der Waals surface area contributed by atoms with Crippen molar-refractivity contribution in [3.63, 3.8) is 0 Å². The number of alkyl halides is 1. The van der Waals surface area contributed by atoms with Crippen LogP contribution in [0.2, 0.25) is 0 Å². The van der Waals surface area contributed by atoms with Crippen molar-refractivity contribution in [3.8, 4) is 0 Å². The molecular formula is C7H13BrO3. The van der Waals surface area contributed by atoms with Gasteiger partial charge in [-0.25, -0.2) is 0 Å². The average molecular weight is 225 g/mol. The Morgan fingerprint density at radius 3 is 2.73 bits per heavy atom. The first-order chi connectivity index (χ1) is 5.18. The number of carbonyl (C=O) groups excluding carboxylic acids is 1. The van der Waals surface area contributed by atoms with Crippen molar-refractivity contribution >= 4 is 21.9 Å². The van der Waals surface area contributed by atoms with E-state index < -0.39 is 0 Å². The van der Waals surface area contributed by atoms with E-state index in [0.717, 1.165) is 6.42 Å². The van der Waals surface area contributed by atoms with Crippen molar-refractivity contribution < 1.29 is 14.6 Å². The van der Waals surface area contributed by atoms with Crippen molar-refractivity contribution in [3.05, 3.63) is 0 Å². The van der Waals surface area contributed by atoms with Gasteiger partial charge in [0.25, 0.3) is 0 Å². The first-order valence-corrected chi connectivity index (χ1v) is 4.51. The Morgan fingerprint density at radius 2 is 2.27 bits per heavy atom. The van der Waals surface area contributed by atoms with Crippen molar-refractivity contribution in [2.24, 2.45) is 0 Å². The second-order valence-electron chi connectivity index (χ2n) is 2.21. The molecule has 0 radical (unpaired) electrons. The molecule has 0 bridgehead atoms. The van der Waals surface area contributed by atoms with Gasteiger partial charge >= 0.3 is 5.97 Å². The number of rotatable bonds is 5. The van der Waals surface area contributed by atoms with Crippen LogP contribution in [0.3, 0.4) is 0 Å². The van der Waals surface area contributed by atoms with Crippen LogP contribution in [0, 0.1) is 0 Å². The van der Waals surface area contributed by atoms with Gasteiger partial charge in [0.1, 0.15) is 4.83 Å². The van der Waals surface area contributed by atoms with Gasteiger partial charge in [0.05, 0.1) is 6.61 Å². The van der Waals surface area contributed by atoms with E-state index in [0.29, 0.717) is 13.0 Å². The van der Waals surface area contributed by atoms with Gasteiger partial charge in [-0.2, -0.15) is 0 Å². The molecule has 0 aromatic carbocycles. The van der Waals surface area contributed by atoms with Crippen molar-refractivity contribution in [2.45, 2.75) is 24.6 Å². The SMILES string of the molecule is CC(Br)C(=O)OCCCCO. The summed E-state index contributed by atoms with van der Waals surface area (Å²) in [6.07, 6.45) is 1.41. The fourth-order valence-electron chi connectivity index (χ4n) is 0.501. The van der Waals surface area contributed by atoms with Crippen LogP contribution in [0.4, 0.5) is 0 Å². The molecule has 1 N–H and O–H groups in total. The highest BCUT2D eigenvalue weighted by molar-refractivity contribution is 9.10. The number of hydrogen-bond acceptors (Lipinski definition) is 3. The molecule has 3 nitrogen and oxygen atoms in total. The summed E-state index contributed by atoms with van der Waals surface area (Å²) >= 11 is 3.09. The number of halogens is 1. The van der Waals surface area contributed by atoms with Crippen LogP contribution in [0.1, 0.15) is 19.8 Å². The average Bonchev–Trinajstić information content (AvgIpc) is 1.97. The number of carbonyl (C=O) groups is 1. The minimum atomic E-state index is -0.247. The number of ether oxygens (including phenoxy) is 1. The molecule has 0 heterocycles. The van der Waals surface area contributed by atoms with Crippen LogP contribution >= 0.6 is 15.9 Å². The van der Waals surface area contributed by atoms with Gasteiger partial charge in [-0.3, -0.25) is 4.79 Å². The maximum atomic E-state index is 10.8. The second kappa shape index (κ2) is 6.61. The Labute approximate surface area is 74.9 Å². The maximum Gasteiger partial charge on any atom is 0.319 e. The van der Waals surface area contributed by atoms with Gasteiger partial charge in [-0.15, -0.1) is 0 Å². The Hall–Kier alpha value is -0.0900. The molecule has 0 spiro atoms. The van der Waals surface area contributed by atoms with E-state index in [1.807, 2.05) is 0 Å². The molecule has 0 saturated heterocycles. The number of aliphatic hydroxyl groups excluding tert-OH is 1. The summed E-state index contributed by atoms with van der Waals surface area (Å²) in [5.74, 6) is -0.247. The number of unbranched alkanes of at least 4 members (excludes halogenated alkanes) is 1. The molecule has 1 unspecified atom stereocenters. The monoisotopic (exact) mass is 224 g/mol. The third kappa shape index (κ3) is 6.31. The summed E-state index contributed by atoms with van der Waals surface area (Å²) in [4.78, 5) is 10.5. The van der Waals surface area contributed by atoms with Gasteiger partial charge in [0, 0.05) is 6.61 Å². The predicted molar refractivity (Wildman–Crippen MR) is 45.7 cm³/mol. The Balaban J connectivity index is 3.18. The van der Waals surface area contributed by atoms with Gasteiger partial charge in [0.15, 0.2) is 0 Å². The molecule has 0 aliphatic rings. The fraction of sp³-hybridized carbons (Fsp3) is 0.857. The molecule has 0 fully saturated rings. The highest BCUT2D eigenvalue weighted by Crippen LogP contribution is 2.00. The Bertz CT molecular complexity index is 114. The third-order valence-electron chi connectivity index (χ3n) is 1.12. The highest BCUT2D eigenvalue weighted by Gasteiger charge is 2.08. The first kappa shape index (κ1) is 10.9. The zero-order valence-corrected chi connectivity index (χ0v) is 8.13. The summed E-state index contributed by atoms with van der Waals surface area (Å²) in [6.45, 7) is 2.27. The molecule has 0 saturated carbocycles. The lowest BCUT2D eigenvalue weighted by molar-refractivity contribution is -0.142. The smallest absolute Gasteiger partial charge is 0.319 e. The lowest BCUT2D eigenvalue weighted by Gasteiger charge is -2.04. The normalized spacial score (nSPS) is 12.6. The predicted octanol–water partition coefficient (Wildman–Crippen LogP) is 1.09. The summed E-state index contributed by atoms with van der Waals surface area (Å²) in [5, 5.41) is 8.39. The van der Waals surface area contributed by atoms with Crippen molar-refractivity contribution in [1.29, 1.82) is 0 Å². The summed E-state index contributed by atoms with van der Waals surface area (Å²) in [6, 6.07) is 0. The van der Waals surface area contributed by atoms with Crippen LogP contribution in [-0.4, -0.2) is 29.1 Å². The molecule has 66 valence electrons. The molecule has 1 atom stereocenters. The highest BCUT2D eigenvalue weighted by atomic mass is 79.9. The van der Waals surface area contributed by atoms with Gasteiger partial charge in [0.2, 0.25) is 0 Å². The zero-order chi connectivity index (χ0) is 8.69. The summed E-state index contributed by atoms with van der Waals surface area (Å²) < 4.78 is 4.81. The number of aliphatic hydroxyl groups is 1. The standard InChI is InChI=1S/C7H13BrO3/c1-6(8)7(10)11-5-3-2-4-9/h6,9H,2-5H2,1H3. The second-order valence-corrected chi connectivity index (χ2v) is 3.59. The molecule has 0 aliphatic heterocycles. The van der Waals surface area contributed by atoms with Gasteiger partial charge in [-0.1, -0.05) is 15.9 Å². The van der Waals surface area contributed by atoms with E-state index in [2.05, 4.69) is 15.9 Å². The Kier molecular flexibility index (Phi) is 6.56. The summed E-state index contributed by atoms with van der Waals surface area (Å²) in [5.41, 5.74) is 0. The minimum absolute atomic E-state index is 0.154. The molecule has 0 amide bonds. The van der Waals surface area contributed by atoms with E-state index in [1.54, 1.807) is 6.92 Å². The van der Waals surface area contributed by atoms with E-state index in [-0.39, 0.29) is 17.4 Å². The molecule has 0 aliphatic carbocycles. The largest absolute Gasteiger partial charge is 0.465 e. The molecular weight excluding hydrogens is 212 g/mol. The zero-order valence-electron chi connectivity index (χ0n) is 6.55. The van der Waals surface area contributed by atoms with Crippen molar-refractivity contribution in [2.75, 3.05) is 13.2 Å². The van der Waals surface area contributed by atoms with Crippen LogP contribution in [0.25, 0.3) is 0 Å². The number of esters is 1. The molecule has 4 heteroatoms. The minimum Gasteiger partial charge on any atom is -0.465 e. The van der Waals surface area contributed by atoms with Gasteiger partial charge in [-0.05, 0) is 19.8 Å². The maximum absolute atomic E-state index is 10.8. The third-order valence-corrected chi connectivity index (χ3v) is 1.50. The lowest BCUT2D eigenvalue weighted by atomic mass is 10.3. The first-order valence-electron chi connectivity index (χ1n) is 3.60. The van der Waals surface area contributed by atoms with Crippen LogP contribution in [-0.2, 0) is 9.53 Å².